The fourth-order valence-corrected chi connectivity index (χ4v) is 2.64. The molecule has 1 fully saturated rings. The Balaban J connectivity index is 2.16. The lowest BCUT2D eigenvalue weighted by Crippen LogP contribution is -2.34. The molecule has 1 unspecified atom stereocenters. The van der Waals surface area contributed by atoms with Gasteiger partial charge in [0.25, 0.3) is 0 Å². The van der Waals surface area contributed by atoms with Crippen molar-refractivity contribution in [2.45, 2.75) is 64.0 Å². The van der Waals surface area contributed by atoms with E-state index in [2.05, 4.69) is 5.32 Å². The Morgan fingerprint density at radius 3 is 2.61 bits per heavy atom. The van der Waals surface area contributed by atoms with Crippen molar-refractivity contribution in [2.24, 2.45) is 5.92 Å². The molecule has 0 saturated heterocycles. The number of hydrogen-bond donors (Lipinski definition) is 2. The second-order valence-electron chi connectivity index (χ2n) is 5.42. The van der Waals surface area contributed by atoms with Crippen molar-refractivity contribution in [1.82, 2.24) is 5.32 Å². The Morgan fingerprint density at radius 2 is 2.06 bits per heavy atom. The lowest BCUT2D eigenvalue weighted by Gasteiger charge is -2.27. The summed E-state index contributed by atoms with van der Waals surface area (Å²) in [5.74, 6) is 0.669. The second-order valence-corrected chi connectivity index (χ2v) is 5.42. The van der Waals surface area contributed by atoms with Gasteiger partial charge in [0.15, 0.2) is 0 Å². The summed E-state index contributed by atoms with van der Waals surface area (Å²) in [5, 5.41) is 11.7. The molecule has 0 heterocycles. The van der Waals surface area contributed by atoms with Gasteiger partial charge in [0, 0.05) is 26.2 Å². The van der Waals surface area contributed by atoms with Crippen LogP contribution in [0.25, 0.3) is 0 Å². The van der Waals surface area contributed by atoms with Crippen molar-refractivity contribution in [2.75, 3.05) is 13.7 Å². The van der Waals surface area contributed by atoms with Crippen LogP contribution in [0, 0.1) is 5.92 Å². The van der Waals surface area contributed by atoms with Crippen molar-refractivity contribution in [3.8, 4) is 0 Å². The predicted molar refractivity (Wildman–Crippen MR) is 71.3 cm³/mol. The van der Waals surface area contributed by atoms with Gasteiger partial charge in [-0.15, -0.1) is 0 Å². The van der Waals surface area contributed by atoms with Gasteiger partial charge >= 0.3 is 0 Å². The monoisotopic (exact) mass is 257 g/mol. The maximum atomic E-state index is 11.8. The smallest absolute Gasteiger partial charge is 0.220 e. The van der Waals surface area contributed by atoms with Crippen LogP contribution in [0.5, 0.6) is 0 Å². The van der Waals surface area contributed by atoms with Crippen LogP contribution >= 0.6 is 0 Å². The van der Waals surface area contributed by atoms with E-state index in [1.54, 1.807) is 7.11 Å². The van der Waals surface area contributed by atoms with Crippen LogP contribution in [-0.4, -0.2) is 36.9 Å². The van der Waals surface area contributed by atoms with E-state index >= 15 is 0 Å². The van der Waals surface area contributed by atoms with Crippen LogP contribution in [0.15, 0.2) is 0 Å². The van der Waals surface area contributed by atoms with Gasteiger partial charge in [-0.2, -0.15) is 0 Å². The van der Waals surface area contributed by atoms with E-state index < -0.39 is 0 Å². The van der Waals surface area contributed by atoms with Crippen molar-refractivity contribution in [3.63, 3.8) is 0 Å². The zero-order chi connectivity index (χ0) is 13.4. The van der Waals surface area contributed by atoms with Gasteiger partial charge in [0.05, 0.1) is 6.10 Å². The Bertz CT molecular complexity index is 237. The van der Waals surface area contributed by atoms with E-state index in [1.807, 2.05) is 6.92 Å². The lowest BCUT2D eigenvalue weighted by atomic mass is 9.85. The molecule has 0 bridgehead atoms. The van der Waals surface area contributed by atoms with Crippen molar-refractivity contribution in [1.29, 1.82) is 0 Å². The molecule has 1 atom stereocenters. The topological polar surface area (TPSA) is 58.6 Å². The molecule has 2 N–H and O–H groups in total. The number of methoxy groups -OCH3 is 1. The highest BCUT2D eigenvalue weighted by atomic mass is 16.5. The van der Waals surface area contributed by atoms with Crippen molar-refractivity contribution < 1.29 is 14.6 Å². The minimum Gasteiger partial charge on any atom is -0.396 e. The summed E-state index contributed by atoms with van der Waals surface area (Å²) in [4.78, 5) is 11.8. The fraction of sp³-hybridized carbons (Fsp3) is 0.929. The average molecular weight is 257 g/mol. The summed E-state index contributed by atoms with van der Waals surface area (Å²) in [6.07, 6.45) is 6.98. The van der Waals surface area contributed by atoms with E-state index in [-0.39, 0.29) is 18.6 Å². The van der Waals surface area contributed by atoms with E-state index in [1.165, 1.54) is 0 Å². The Morgan fingerprint density at radius 1 is 1.39 bits per heavy atom. The van der Waals surface area contributed by atoms with Crippen LogP contribution in [0.1, 0.15) is 51.9 Å². The molecule has 4 heteroatoms. The first kappa shape index (κ1) is 15.4. The minimum absolute atomic E-state index is 0.154. The standard InChI is InChI=1S/C14H27NO3/c1-11(4-3-9-16)15-14(17)10-12-5-7-13(18-2)8-6-12/h11-13,16H,3-10H2,1-2H3,(H,15,17). The van der Waals surface area contributed by atoms with Gasteiger partial charge < -0.3 is 15.2 Å². The molecule has 0 aromatic heterocycles. The highest BCUT2D eigenvalue weighted by Crippen LogP contribution is 2.28. The first-order valence-corrected chi connectivity index (χ1v) is 7.08. The number of carbonyl (C=O) groups excluding carboxylic acids is 1. The van der Waals surface area contributed by atoms with Crippen LogP contribution in [0.4, 0.5) is 0 Å². The van der Waals surface area contributed by atoms with Crippen LogP contribution < -0.4 is 5.32 Å². The van der Waals surface area contributed by atoms with E-state index in [0.29, 0.717) is 18.4 Å². The highest BCUT2D eigenvalue weighted by molar-refractivity contribution is 5.76. The third-order valence-corrected chi connectivity index (χ3v) is 3.80. The lowest BCUT2D eigenvalue weighted by molar-refractivity contribution is -0.123. The fourth-order valence-electron chi connectivity index (χ4n) is 2.64. The largest absolute Gasteiger partial charge is 0.396 e. The number of hydrogen-bond acceptors (Lipinski definition) is 3. The summed E-state index contributed by atoms with van der Waals surface area (Å²) in [7, 11) is 1.76. The van der Waals surface area contributed by atoms with Gasteiger partial charge in [-0.1, -0.05) is 0 Å². The molecule has 1 saturated carbocycles. The molecule has 18 heavy (non-hydrogen) atoms. The first-order chi connectivity index (χ1) is 8.65. The van der Waals surface area contributed by atoms with Gasteiger partial charge in [0.1, 0.15) is 0 Å². The Kier molecular flexibility index (Phi) is 7.28. The van der Waals surface area contributed by atoms with E-state index in [4.69, 9.17) is 9.84 Å². The van der Waals surface area contributed by atoms with Crippen LogP contribution in [-0.2, 0) is 9.53 Å². The molecular weight excluding hydrogens is 230 g/mol. The Labute approximate surface area is 110 Å². The summed E-state index contributed by atoms with van der Waals surface area (Å²) in [5.41, 5.74) is 0. The highest BCUT2D eigenvalue weighted by Gasteiger charge is 2.23. The third kappa shape index (κ3) is 5.83. The average Bonchev–Trinajstić information content (AvgIpc) is 2.37. The quantitative estimate of drug-likeness (QED) is 0.732. The molecule has 1 rings (SSSR count). The zero-order valence-electron chi connectivity index (χ0n) is 11.7. The molecule has 1 amide bonds. The molecular formula is C14H27NO3. The maximum absolute atomic E-state index is 11.8. The SMILES string of the molecule is COC1CCC(CC(=O)NC(C)CCCO)CC1. The second kappa shape index (κ2) is 8.48. The van der Waals surface area contributed by atoms with Gasteiger partial charge in [-0.3, -0.25) is 4.79 Å². The summed E-state index contributed by atoms with van der Waals surface area (Å²) in [6.45, 7) is 2.19. The molecule has 1 aliphatic carbocycles. The summed E-state index contributed by atoms with van der Waals surface area (Å²) in [6, 6.07) is 0.167. The third-order valence-electron chi connectivity index (χ3n) is 3.80. The number of aliphatic hydroxyl groups is 1. The summed E-state index contributed by atoms with van der Waals surface area (Å²) >= 11 is 0. The molecule has 0 radical (unpaired) electrons. The van der Waals surface area contributed by atoms with Crippen LogP contribution in [0.2, 0.25) is 0 Å². The zero-order valence-corrected chi connectivity index (χ0v) is 11.7. The van der Waals surface area contributed by atoms with Gasteiger partial charge in [0.2, 0.25) is 5.91 Å². The molecule has 1 aliphatic rings. The van der Waals surface area contributed by atoms with E-state index in [0.717, 1.165) is 38.5 Å². The van der Waals surface area contributed by atoms with Crippen molar-refractivity contribution in [3.05, 3.63) is 0 Å². The normalized spacial score (nSPS) is 25.7. The van der Waals surface area contributed by atoms with Crippen LogP contribution in [0.3, 0.4) is 0 Å². The van der Waals surface area contributed by atoms with Gasteiger partial charge in [-0.25, -0.2) is 0 Å². The molecule has 0 aromatic rings. The number of ether oxygens (including phenoxy) is 1. The van der Waals surface area contributed by atoms with E-state index in [9.17, 15) is 4.79 Å². The summed E-state index contributed by atoms with van der Waals surface area (Å²) < 4.78 is 5.33. The number of aliphatic hydroxyl groups excluding tert-OH is 1. The number of rotatable bonds is 7. The molecule has 4 nitrogen and oxygen atoms in total. The van der Waals surface area contributed by atoms with Gasteiger partial charge in [-0.05, 0) is 51.4 Å². The molecule has 0 spiro atoms. The first-order valence-electron chi connectivity index (χ1n) is 7.08. The van der Waals surface area contributed by atoms with Crippen molar-refractivity contribution >= 4 is 5.91 Å². The Hall–Kier alpha value is -0.610. The molecule has 106 valence electrons. The molecule has 0 aromatic carbocycles. The number of amides is 1. The maximum Gasteiger partial charge on any atom is 0.220 e. The molecule has 0 aliphatic heterocycles. The minimum atomic E-state index is 0.154. The number of nitrogens with one attached hydrogen (secondary N) is 1. The predicted octanol–water partition coefficient (Wildman–Crippen LogP) is 1.86. The number of carbonyl (C=O) groups is 1.